The van der Waals surface area contributed by atoms with E-state index in [-0.39, 0.29) is 16.1 Å². The van der Waals surface area contributed by atoms with Crippen molar-refractivity contribution in [2.45, 2.75) is 68.7 Å². The van der Waals surface area contributed by atoms with Crippen molar-refractivity contribution < 1.29 is 26.7 Å². The summed E-state index contributed by atoms with van der Waals surface area (Å²) in [6.45, 7) is 2.06. The summed E-state index contributed by atoms with van der Waals surface area (Å²) in [5, 5.41) is 11.0. The summed E-state index contributed by atoms with van der Waals surface area (Å²) in [4.78, 5) is 9.17. The zero-order valence-corrected chi connectivity index (χ0v) is 23.8. The summed E-state index contributed by atoms with van der Waals surface area (Å²) in [6, 6.07) is 8.81. The third-order valence-corrected chi connectivity index (χ3v) is 8.99. The van der Waals surface area contributed by atoms with Gasteiger partial charge in [-0.15, -0.1) is 0 Å². The molecule has 1 saturated carbocycles. The van der Waals surface area contributed by atoms with Gasteiger partial charge >= 0.3 is 0 Å². The molecule has 4 aromatic rings. The Morgan fingerprint density at radius 3 is 2.57 bits per heavy atom. The van der Waals surface area contributed by atoms with E-state index in [1.165, 1.54) is 4.57 Å². The number of benzene rings is 1. The molecule has 2 aliphatic heterocycles. The number of aromatic nitrogens is 5. The Balaban J connectivity index is 1.37. The van der Waals surface area contributed by atoms with E-state index in [9.17, 15) is 17.2 Å². The number of hydrogen-bond acceptors (Lipinski definition) is 9. The molecule has 1 aliphatic carbocycles. The van der Waals surface area contributed by atoms with E-state index < -0.39 is 28.3 Å². The number of pyridine rings is 1. The molecule has 14 heteroatoms. The van der Waals surface area contributed by atoms with Gasteiger partial charge in [0.1, 0.15) is 17.6 Å². The number of nitrogens with one attached hydrogen (secondary N) is 2. The van der Waals surface area contributed by atoms with Crippen molar-refractivity contribution >= 4 is 44.0 Å². The number of rotatable bonds is 8. The Labute approximate surface area is 241 Å². The number of halogens is 2. The van der Waals surface area contributed by atoms with Gasteiger partial charge in [-0.3, -0.25) is 9.25 Å². The van der Waals surface area contributed by atoms with Crippen molar-refractivity contribution in [1.29, 1.82) is 0 Å². The Kier molecular flexibility index (Phi) is 6.86. The number of fused-ring (bicyclic) bond motifs is 2. The van der Waals surface area contributed by atoms with Crippen LogP contribution in [0.25, 0.3) is 11.2 Å². The molecule has 11 nitrogen and oxygen atoms in total. The lowest BCUT2D eigenvalue weighted by atomic mass is 10.1. The van der Waals surface area contributed by atoms with Crippen molar-refractivity contribution in [3.8, 4) is 0 Å². The van der Waals surface area contributed by atoms with Gasteiger partial charge in [0.15, 0.2) is 27.1 Å². The third kappa shape index (κ3) is 5.22. The summed E-state index contributed by atoms with van der Waals surface area (Å²) >= 11 is 0. The van der Waals surface area contributed by atoms with Gasteiger partial charge in [-0.05, 0) is 55.7 Å². The first-order valence-corrected chi connectivity index (χ1v) is 16.0. The fraction of sp³-hybridized carbons (Fsp3) is 0.464. The van der Waals surface area contributed by atoms with Gasteiger partial charge in [-0.25, -0.2) is 27.2 Å². The number of alkyl halides is 2. The second kappa shape index (κ2) is 10.6. The lowest BCUT2D eigenvalue weighted by Crippen LogP contribution is -2.20. The molecule has 1 atom stereocenters. The van der Waals surface area contributed by atoms with Crippen LogP contribution in [0.2, 0.25) is 0 Å². The molecule has 0 bridgehead atoms. The predicted octanol–water partition coefficient (Wildman–Crippen LogP) is 5.56. The lowest BCUT2D eigenvalue weighted by molar-refractivity contribution is -0.0363. The van der Waals surface area contributed by atoms with Crippen molar-refractivity contribution in [3.05, 3.63) is 47.4 Å². The number of imidazole rings is 1. The van der Waals surface area contributed by atoms with Crippen molar-refractivity contribution in [3.63, 3.8) is 0 Å². The smallest absolute Gasteiger partial charge is 0.295 e. The maximum atomic E-state index is 14.4. The second-order valence-corrected chi connectivity index (χ2v) is 13.0. The van der Waals surface area contributed by atoms with E-state index in [2.05, 4.69) is 20.7 Å². The number of hydrogen-bond donors (Lipinski definition) is 2. The van der Waals surface area contributed by atoms with E-state index in [4.69, 9.17) is 14.5 Å². The Bertz CT molecular complexity index is 1740. The molecule has 42 heavy (non-hydrogen) atoms. The van der Waals surface area contributed by atoms with Gasteiger partial charge in [0, 0.05) is 25.0 Å². The van der Waals surface area contributed by atoms with Gasteiger partial charge in [0.05, 0.1) is 41.7 Å². The SMILES string of the molecule is CS(=O)(=O)c1cc(C2CC2)ccc1Nc1cc(Nc2cc3n(n2)CCOC3)nc2c1nc(C(F)F)n2C1CCCCO1. The quantitative estimate of drug-likeness (QED) is 0.268. The molecule has 3 aromatic heterocycles. The molecule has 0 spiro atoms. The third-order valence-electron chi connectivity index (χ3n) is 7.85. The highest BCUT2D eigenvalue weighted by molar-refractivity contribution is 7.90. The molecular formula is C28H31F2N7O4S. The van der Waals surface area contributed by atoms with Gasteiger partial charge < -0.3 is 20.1 Å². The highest BCUT2D eigenvalue weighted by Crippen LogP contribution is 2.43. The molecule has 1 saturated heterocycles. The zero-order valence-electron chi connectivity index (χ0n) is 23.0. The van der Waals surface area contributed by atoms with E-state index in [0.717, 1.165) is 43.2 Å². The van der Waals surface area contributed by atoms with Crippen molar-refractivity contribution in [1.82, 2.24) is 24.3 Å². The summed E-state index contributed by atoms with van der Waals surface area (Å²) in [7, 11) is -3.61. The van der Waals surface area contributed by atoms with Crippen LogP contribution in [0.3, 0.4) is 0 Å². The minimum Gasteiger partial charge on any atom is -0.373 e. The van der Waals surface area contributed by atoms with Gasteiger partial charge in [-0.2, -0.15) is 5.10 Å². The van der Waals surface area contributed by atoms with Crippen LogP contribution < -0.4 is 10.6 Å². The van der Waals surface area contributed by atoms with Crippen LogP contribution in [0, 0.1) is 0 Å². The molecule has 3 aliphatic rings. The first-order chi connectivity index (χ1) is 20.2. The summed E-state index contributed by atoms with van der Waals surface area (Å²) < 4.78 is 69.1. The fourth-order valence-corrected chi connectivity index (χ4v) is 6.52. The Hall–Kier alpha value is -3.62. The van der Waals surface area contributed by atoms with Crippen LogP contribution in [-0.2, 0) is 32.5 Å². The van der Waals surface area contributed by atoms with Gasteiger partial charge in [-0.1, -0.05) is 6.07 Å². The maximum Gasteiger partial charge on any atom is 0.295 e. The monoisotopic (exact) mass is 599 g/mol. The van der Waals surface area contributed by atoms with Crippen molar-refractivity contribution in [2.75, 3.05) is 30.1 Å². The molecule has 0 amide bonds. The number of nitrogens with zero attached hydrogens (tertiary/aromatic N) is 5. The summed E-state index contributed by atoms with van der Waals surface area (Å²) in [5.74, 6) is 0.753. The largest absolute Gasteiger partial charge is 0.373 e. The Morgan fingerprint density at radius 1 is 1.00 bits per heavy atom. The molecule has 2 fully saturated rings. The van der Waals surface area contributed by atoms with Crippen LogP contribution >= 0.6 is 0 Å². The van der Waals surface area contributed by atoms with E-state index in [1.807, 2.05) is 16.8 Å². The highest BCUT2D eigenvalue weighted by atomic mass is 32.2. The number of anilines is 4. The standard InChI is InChI=1S/C28H31F2N7O4S/c1-42(38,39)21-12-17(16-5-6-16)7-8-19(21)31-20-14-22(32-23-13-18-15-40-11-9-36(18)35-23)33-27-25(20)34-28(26(29)30)37(27)24-4-2-3-10-41-24/h7-8,12-14,16,24,26H,2-6,9-11,15H2,1H3,(H2,31,32,33,35). The average molecular weight is 600 g/mol. The van der Waals surface area contributed by atoms with Crippen LogP contribution in [0.4, 0.5) is 31.8 Å². The molecule has 5 heterocycles. The molecule has 7 rings (SSSR count). The normalized spacial score (nSPS) is 19.3. The minimum absolute atomic E-state index is 0.136. The average Bonchev–Trinajstić information content (AvgIpc) is 3.62. The Morgan fingerprint density at radius 2 is 1.86 bits per heavy atom. The van der Waals surface area contributed by atoms with Crippen LogP contribution in [0.1, 0.15) is 67.8 Å². The van der Waals surface area contributed by atoms with Crippen LogP contribution in [0.15, 0.2) is 35.2 Å². The van der Waals surface area contributed by atoms with Crippen LogP contribution in [0.5, 0.6) is 0 Å². The first kappa shape index (κ1) is 27.2. The summed E-state index contributed by atoms with van der Waals surface area (Å²) in [6.07, 6.45) is 1.90. The molecule has 222 valence electrons. The van der Waals surface area contributed by atoms with Gasteiger partial charge in [0.25, 0.3) is 6.43 Å². The molecule has 2 N–H and O–H groups in total. The van der Waals surface area contributed by atoms with Crippen molar-refractivity contribution in [2.24, 2.45) is 0 Å². The van der Waals surface area contributed by atoms with Gasteiger partial charge in [0.2, 0.25) is 0 Å². The van der Waals surface area contributed by atoms with E-state index in [1.54, 1.807) is 18.2 Å². The number of sulfone groups is 1. The molecule has 0 radical (unpaired) electrons. The molecule has 1 aromatic carbocycles. The lowest BCUT2D eigenvalue weighted by Gasteiger charge is -2.25. The summed E-state index contributed by atoms with van der Waals surface area (Å²) in [5.41, 5.74) is 2.92. The van der Waals surface area contributed by atoms with E-state index in [0.29, 0.717) is 61.7 Å². The fourth-order valence-electron chi connectivity index (χ4n) is 5.65. The minimum atomic E-state index is -3.61. The topological polar surface area (TPSA) is 125 Å². The number of ether oxygens (including phenoxy) is 2. The second-order valence-electron chi connectivity index (χ2n) is 11.0. The zero-order chi connectivity index (χ0) is 29.0. The maximum absolute atomic E-state index is 14.4. The molecule has 1 unspecified atom stereocenters. The first-order valence-electron chi connectivity index (χ1n) is 14.1. The highest BCUT2D eigenvalue weighted by Gasteiger charge is 2.30. The molecular weight excluding hydrogens is 568 g/mol. The predicted molar refractivity (Wildman–Crippen MR) is 151 cm³/mol. The van der Waals surface area contributed by atoms with Crippen LogP contribution in [-0.4, -0.2) is 52.2 Å². The van der Waals surface area contributed by atoms with E-state index >= 15 is 0 Å².